The first-order chi connectivity index (χ1) is 13.9. The maximum absolute atomic E-state index is 13.2. The highest BCUT2D eigenvalue weighted by atomic mass is 35.5. The number of para-hydroxylation sites is 1. The molecule has 29 heavy (non-hydrogen) atoms. The van der Waals surface area contributed by atoms with Crippen molar-refractivity contribution in [2.45, 2.75) is 24.8 Å². The minimum atomic E-state index is -3.95. The Bertz CT molecular complexity index is 1190. The SMILES string of the molecule is Cc1noc(COC(=O)c2ccc(Cl)c(S(=O)(=O)N3CCc4ccccc43)c2)n1. The Hall–Kier alpha value is -2.91. The highest BCUT2D eigenvalue weighted by Gasteiger charge is 2.32. The Morgan fingerprint density at radius 2 is 2.07 bits per heavy atom. The van der Waals surface area contributed by atoms with E-state index in [1.807, 2.05) is 12.1 Å². The van der Waals surface area contributed by atoms with Crippen molar-refractivity contribution in [3.05, 3.63) is 70.3 Å². The van der Waals surface area contributed by atoms with E-state index < -0.39 is 16.0 Å². The molecule has 2 aromatic carbocycles. The fraction of sp³-hybridized carbons (Fsp3) is 0.211. The lowest BCUT2D eigenvalue weighted by atomic mass is 10.2. The van der Waals surface area contributed by atoms with E-state index >= 15 is 0 Å². The van der Waals surface area contributed by atoms with Crippen LogP contribution in [0.4, 0.5) is 5.69 Å². The summed E-state index contributed by atoms with van der Waals surface area (Å²) in [5, 5.41) is 3.63. The van der Waals surface area contributed by atoms with Crippen LogP contribution in [0.1, 0.15) is 27.6 Å². The van der Waals surface area contributed by atoms with Crippen LogP contribution in [-0.4, -0.2) is 31.1 Å². The van der Waals surface area contributed by atoms with Crippen LogP contribution in [0, 0.1) is 6.92 Å². The van der Waals surface area contributed by atoms with E-state index in [0.717, 1.165) is 5.56 Å². The van der Waals surface area contributed by atoms with Gasteiger partial charge in [0.05, 0.1) is 16.3 Å². The first kappa shape index (κ1) is 19.4. The van der Waals surface area contributed by atoms with Gasteiger partial charge in [0.2, 0.25) is 0 Å². The van der Waals surface area contributed by atoms with Crippen molar-refractivity contribution in [1.29, 1.82) is 0 Å². The summed E-state index contributed by atoms with van der Waals surface area (Å²) in [5.74, 6) is -0.163. The lowest BCUT2D eigenvalue weighted by Gasteiger charge is -2.20. The number of aromatic nitrogens is 2. The molecule has 0 aliphatic carbocycles. The molecular formula is C19H16ClN3O5S. The summed E-state index contributed by atoms with van der Waals surface area (Å²) in [6.07, 6.45) is 0.609. The average molecular weight is 434 g/mol. The molecule has 0 bridgehead atoms. The molecule has 1 aliphatic rings. The van der Waals surface area contributed by atoms with Crippen LogP contribution < -0.4 is 4.31 Å². The molecular weight excluding hydrogens is 418 g/mol. The Balaban J connectivity index is 1.60. The van der Waals surface area contributed by atoms with Crippen molar-refractivity contribution in [1.82, 2.24) is 10.1 Å². The van der Waals surface area contributed by atoms with Crippen molar-refractivity contribution in [2.24, 2.45) is 0 Å². The summed E-state index contributed by atoms with van der Waals surface area (Å²) < 4.78 is 37.8. The number of esters is 1. The van der Waals surface area contributed by atoms with Crippen molar-refractivity contribution >= 4 is 33.3 Å². The normalized spacial score (nSPS) is 13.4. The molecule has 0 fully saturated rings. The summed E-state index contributed by atoms with van der Waals surface area (Å²) in [7, 11) is -3.95. The lowest BCUT2D eigenvalue weighted by molar-refractivity contribution is 0.0429. The average Bonchev–Trinajstić information content (AvgIpc) is 3.32. The maximum atomic E-state index is 13.2. The van der Waals surface area contributed by atoms with Gasteiger partial charge >= 0.3 is 5.97 Å². The summed E-state index contributed by atoms with van der Waals surface area (Å²) in [4.78, 5) is 16.2. The zero-order valence-electron chi connectivity index (χ0n) is 15.3. The molecule has 3 aromatic rings. The van der Waals surface area contributed by atoms with Gasteiger partial charge < -0.3 is 9.26 Å². The molecule has 0 N–H and O–H groups in total. The number of aryl methyl sites for hydroxylation is 1. The topological polar surface area (TPSA) is 103 Å². The Morgan fingerprint density at radius 3 is 2.83 bits per heavy atom. The van der Waals surface area contributed by atoms with Crippen LogP contribution in [0.3, 0.4) is 0 Å². The molecule has 0 radical (unpaired) electrons. The number of hydrogen-bond donors (Lipinski definition) is 0. The zero-order valence-corrected chi connectivity index (χ0v) is 16.9. The predicted octanol–water partition coefficient (Wildman–Crippen LogP) is 3.14. The number of benzene rings is 2. The molecule has 2 heterocycles. The second-order valence-electron chi connectivity index (χ2n) is 6.41. The number of ether oxygens (including phenoxy) is 1. The molecule has 1 aromatic heterocycles. The zero-order chi connectivity index (χ0) is 20.6. The van der Waals surface area contributed by atoms with Crippen molar-refractivity contribution in [3.63, 3.8) is 0 Å². The van der Waals surface area contributed by atoms with Gasteiger partial charge in [-0.15, -0.1) is 0 Å². The molecule has 0 spiro atoms. The van der Waals surface area contributed by atoms with Gasteiger partial charge in [-0.2, -0.15) is 4.98 Å². The second-order valence-corrected chi connectivity index (χ2v) is 8.65. The van der Waals surface area contributed by atoms with Crippen LogP contribution in [-0.2, 0) is 27.8 Å². The van der Waals surface area contributed by atoms with Crippen molar-refractivity contribution in [3.8, 4) is 0 Å². The predicted molar refractivity (Wildman–Crippen MR) is 104 cm³/mol. The second kappa shape index (κ2) is 7.49. The van der Waals surface area contributed by atoms with E-state index in [1.54, 1.807) is 19.1 Å². The number of hydrogen-bond acceptors (Lipinski definition) is 7. The number of nitrogens with zero attached hydrogens (tertiary/aromatic N) is 3. The summed E-state index contributed by atoms with van der Waals surface area (Å²) in [5.41, 5.74) is 1.61. The van der Waals surface area contributed by atoms with Gasteiger partial charge in [0.1, 0.15) is 4.90 Å². The molecule has 0 saturated heterocycles. The van der Waals surface area contributed by atoms with E-state index in [0.29, 0.717) is 24.5 Å². The number of sulfonamides is 1. The van der Waals surface area contributed by atoms with Gasteiger partial charge in [-0.25, -0.2) is 13.2 Å². The lowest BCUT2D eigenvalue weighted by Crippen LogP contribution is -2.29. The standard InChI is InChI=1S/C19H16ClN3O5S/c1-12-21-18(28-22-12)11-27-19(24)14-6-7-15(20)17(10-14)29(25,26)23-9-8-13-4-2-3-5-16(13)23/h2-7,10H,8-9,11H2,1H3. The summed E-state index contributed by atoms with van der Waals surface area (Å²) >= 11 is 6.18. The number of fused-ring (bicyclic) bond motifs is 1. The number of carbonyl (C=O) groups excluding carboxylic acids is 1. The largest absolute Gasteiger partial charge is 0.452 e. The Labute approximate surface area is 172 Å². The molecule has 4 rings (SSSR count). The molecule has 0 saturated carbocycles. The van der Waals surface area contributed by atoms with Gasteiger partial charge in [0.15, 0.2) is 12.4 Å². The molecule has 1 aliphatic heterocycles. The van der Waals surface area contributed by atoms with Crippen molar-refractivity contribution < 1.29 is 22.5 Å². The first-order valence-corrected chi connectivity index (χ1v) is 10.5. The smallest absolute Gasteiger partial charge is 0.338 e. The highest BCUT2D eigenvalue weighted by molar-refractivity contribution is 7.93. The van der Waals surface area contributed by atoms with Gasteiger partial charge in [0.25, 0.3) is 15.9 Å². The van der Waals surface area contributed by atoms with E-state index in [-0.39, 0.29) is 28.0 Å². The molecule has 150 valence electrons. The number of rotatable bonds is 5. The van der Waals surface area contributed by atoms with E-state index in [1.165, 1.54) is 22.5 Å². The fourth-order valence-electron chi connectivity index (χ4n) is 3.11. The third-order valence-corrected chi connectivity index (χ3v) is 6.77. The number of anilines is 1. The Morgan fingerprint density at radius 1 is 1.28 bits per heavy atom. The van der Waals surface area contributed by atoms with Crippen LogP contribution in [0.15, 0.2) is 51.9 Å². The number of carbonyl (C=O) groups is 1. The van der Waals surface area contributed by atoms with E-state index in [9.17, 15) is 13.2 Å². The van der Waals surface area contributed by atoms with Gasteiger partial charge in [0, 0.05) is 6.54 Å². The summed E-state index contributed by atoms with van der Waals surface area (Å²) in [6, 6.07) is 11.3. The first-order valence-electron chi connectivity index (χ1n) is 8.73. The molecule has 0 unspecified atom stereocenters. The van der Waals surface area contributed by atoms with Gasteiger partial charge in [-0.05, 0) is 43.2 Å². The van der Waals surface area contributed by atoms with Gasteiger partial charge in [-0.3, -0.25) is 4.31 Å². The van der Waals surface area contributed by atoms with Gasteiger partial charge in [-0.1, -0.05) is 35.0 Å². The quantitative estimate of drug-likeness (QED) is 0.569. The van der Waals surface area contributed by atoms with Crippen LogP contribution in [0.2, 0.25) is 5.02 Å². The minimum Gasteiger partial charge on any atom is -0.452 e. The van der Waals surface area contributed by atoms with E-state index in [4.69, 9.17) is 20.9 Å². The third kappa shape index (κ3) is 3.70. The monoisotopic (exact) mass is 433 g/mol. The molecule has 10 heteroatoms. The molecule has 0 atom stereocenters. The van der Waals surface area contributed by atoms with Crippen LogP contribution >= 0.6 is 11.6 Å². The third-order valence-electron chi connectivity index (χ3n) is 4.48. The number of halogens is 1. The van der Waals surface area contributed by atoms with Crippen LogP contribution in [0.5, 0.6) is 0 Å². The van der Waals surface area contributed by atoms with Crippen molar-refractivity contribution in [2.75, 3.05) is 10.8 Å². The molecule has 0 amide bonds. The van der Waals surface area contributed by atoms with Crippen LogP contribution in [0.25, 0.3) is 0 Å². The van der Waals surface area contributed by atoms with E-state index in [2.05, 4.69) is 10.1 Å². The minimum absolute atomic E-state index is 0.0263. The maximum Gasteiger partial charge on any atom is 0.338 e. The molecule has 8 nitrogen and oxygen atoms in total. The highest BCUT2D eigenvalue weighted by Crippen LogP contribution is 2.35. The Kier molecular flexibility index (Phi) is 5.01. The summed E-state index contributed by atoms with van der Waals surface area (Å²) in [6.45, 7) is 1.73. The fourth-order valence-corrected chi connectivity index (χ4v) is 5.12.